The van der Waals surface area contributed by atoms with Gasteiger partial charge in [-0.25, -0.2) is 23.7 Å². The summed E-state index contributed by atoms with van der Waals surface area (Å²) in [7, 11) is 0. The average molecular weight is 512 g/mol. The van der Waals surface area contributed by atoms with Gasteiger partial charge in [-0.2, -0.15) is 0 Å². The number of anilines is 1. The number of halogens is 2. The second kappa shape index (κ2) is 10.2. The first kappa shape index (κ1) is 25.4. The van der Waals surface area contributed by atoms with Crippen molar-refractivity contribution in [2.45, 2.75) is 50.9 Å². The Kier molecular flexibility index (Phi) is 7.02. The fourth-order valence-corrected chi connectivity index (χ4v) is 4.90. The van der Waals surface area contributed by atoms with Crippen molar-refractivity contribution in [3.63, 3.8) is 0 Å². The summed E-state index contributed by atoms with van der Waals surface area (Å²) in [5.41, 5.74) is 8.91. The predicted molar refractivity (Wildman–Crippen MR) is 136 cm³/mol. The van der Waals surface area contributed by atoms with Crippen LogP contribution in [0.4, 0.5) is 14.7 Å². The second-order valence-electron chi connectivity index (χ2n) is 9.86. The largest absolute Gasteiger partial charge is 0.378 e. The molecule has 3 atom stereocenters. The van der Waals surface area contributed by atoms with Crippen LogP contribution in [0.3, 0.4) is 0 Å². The highest BCUT2D eigenvalue weighted by Crippen LogP contribution is 2.29. The molecule has 2 fully saturated rings. The first-order valence-corrected chi connectivity index (χ1v) is 12.5. The molecule has 0 aliphatic carbocycles. The summed E-state index contributed by atoms with van der Waals surface area (Å²) in [6, 6.07) is 9.10. The molecule has 0 bridgehead atoms. The fraction of sp³-hybridized carbons (Fsp3) is 0.462. The van der Waals surface area contributed by atoms with Crippen molar-refractivity contribution in [2.24, 2.45) is 5.73 Å². The predicted octanol–water partition coefficient (Wildman–Crippen LogP) is 2.81. The Bertz CT molecular complexity index is 1280. The van der Waals surface area contributed by atoms with Gasteiger partial charge in [0.15, 0.2) is 0 Å². The van der Waals surface area contributed by atoms with E-state index < -0.39 is 17.9 Å². The zero-order valence-corrected chi connectivity index (χ0v) is 20.9. The highest BCUT2D eigenvalue weighted by atomic mass is 19.3. The van der Waals surface area contributed by atoms with Gasteiger partial charge < -0.3 is 21.1 Å². The molecule has 11 heteroatoms. The lowest BCUT2D eigenvalue weighted by Crippen LogP contribution is -2.52. The zero-order valence-electron chi connectivity index (χ0n) is 20.9. The Balaban J connectivity index is 1.40. The van der Waals surface area contributed by atoms with Crippen LogP contribution in [0.1, 0.15) is 36.2 Å². The summed E-state index contributed by atoms with van der Waals surface area (Å²) in [5.74, 6) is -3.59. The SMILES string of the molecule is C[C@@H]1COC[C@H](C)N1Cc1ccc(-c2cc(C(N)=O)c3nc(N[C@@H]4CNCCC4(F)F)ncc3n2)cc1. The number of carbonyl (C=O) groups excluding carboxylic acids is 1. The number of ether oxygens (including phenoxy) is 1. The van der Waals surface area contributed by atoms with Crippen molar-refractivity contribution in [3.05, 3.63) is 47.7 Å². The van der Waals surface area contributed by atoms with Gasteiger partial charge in [0.25, 0.3) is 11.8 Å². The fourth-order valence-electron chi connectivity index (χ4n) is 4.90. The van der Waals surface area contributed by atoms with Crippen LogP contribution in [0.25, 0.3) is 22.3 Å². The van der Waals surface area contributed by atoms with Crippen LogP contribution in [0.15, 0.2) is 36.5 Å². The Morgan fingerprint density at radius 3 is 2.62 bits per heavy atom. The van der Waals surface area contributed by atoms with E-state index in [0.717, 1.165) is 30.9 Å². The van der Waals surface area contributed by atoms with Crippen LogP contribution in [-0.2, 0) is 11.3 Å². The average Bonchev–Trinajstić information content (AvgIpc) is 2.87. The molecule has 37 heavy (non-hydrogen) atoms. The van der Waals surface area contributed by atoms with Gasteiger partial charge in [-0.15, -0.1) is 0 Å². The van der Waals surface area contributed by atoms with E-state index in [2.05, 4.69) is 44.3 Å². The molecule has 3 aromatic rings. The van der Waals surface area contributed by atoms with E-state index in [1.165, 1.54) is 6.20 Å². The van der Waals surface area contributed by atoms with Gasteiger partial charge in [-0.1, -0.05) is 24.3 Å². The van der Waals surface area contributed by atoms with Crippen molar-refractivity contribution in [3.8, 4) is 11.3 Å². The molecule has 4 N–H and O–H groups in total. The molecule has 2 aromatic heterocycles. The van der Waals surface area contributed by atoms with Crippen molar-refractivity contribution < 1.29 is 18.3 Å². The van der Waals surface area contributed by atoms with Crippen molar-refractivity contribution in [1.29, 1.82) is 0 Å². The molecule has 9 nitrogen and oxygen atoms in total. The van der Waals surface area contributed by atoms with E-state index >= 15 is 0 Å². The Labute approximate surface area is 213 Å². The molecule has 0 radical (unpaired) electrons. The molecule has 5 rings (SSSR count). The van der Waals surface area contributed by atoms with Crippen LogP contribution < -0.4 is 16.4 Å². The Hall–Kier alpha value is -3.28. The molecule has 0 saturated carbocycles. The standard InChI is InChI=1S/C26H31F2N7O2/c1-15-13-37-14-16(2)35(15)12-17-3-5-18(6-4-17)20-9-19(24(29)36)23-21(32-20)10-31-25(34-23)33-22-11-30-8-7-26(22,27)28/h3-6,9-10,15-16,22,30H,7-8,11-14H2,1-2H3,(H2,29,36)(H,31,33,34)/t15-,16+,22-/m1/s1. The van der Waals surface area contributed by atoms with Gasteiger partial charge in [0.1, 0.15) is 17.1 Å². The third-order valence-corrected chi connectivity index (χ3v) is 7.07. The highest BCUT2D eigenvalue weighted by molar-refractivity contribution is 6.05. The number of amides is 1. The molecule has 0 spiro atoms. The molecular weight excluding hydrogens is 480 g/mol. The van der Waals surface area contributed by atoms with E-state index in [1.54, 1.807) is 6.07 Å². The summed E-state index contributed by atoms with van der Waals surface area (Å²) < 4.78 is 34.1. The molecule has 2 aliphatic heterocycles. The van der Waals surface area contributed by atoms with Gasteiger partial charge in [0.2, 0.25) is 5.95 Å². The third kappa shape index (κ3) is 5.39. The topological polar surface area (TPSA) is 118 Å². The number of hydrogen-bond acceptors (Lipinski definition) is 8. The number of rotatable bonds is 6. The molecule has 1 aromatic carbocycles. The molecule has 2 saturated heterocycles. The number of piperidine rings is 1. The minimum atomic E-state index is -2.90. The van der Waals surface area contributed by atoms with Crippen LogP contribution in [-0.4, -0.2) is 76.1 Å². The van der Waals surface area contributed by atoms with Crippen molar-refractivity contribution >= 4 is 22.9 Å². The van der Waals surface area contributed by atoms with Crippen LogP contribution in [0.2, 0.25) is 0 Å². The van der Waals surface area contributed by atoms with Gasteiger partial charge in [0.05, 0.1) is 30.7 Å². The maximum absolute atomic E-state index is 14.3. The smallest absolute Gasteiger partial charge is 0.270 e. The minimum Gasteiger partial charge on any atom is -0.378 e. The van der Waals surface area contributed by atoms with E-state index in [-0.39, 0.29) is 36.5 Å². The normalized spacial score (nSPS) is 24.2. The molecule has 1 amide bonds. The number of nitrogens with one attached hydrogen (secondary N) is 2. The van der Waals surface area contributed by atoms with Crippen molar-refractivity contribution in [1.82, 2.24) is 25.2 Å². The first-order chi connectivity index (χ1) is 17.7. The number of alkyl halides is 2. The lowest BCUT2D eigenvalue weighted by Gasteiger charge is -2.38. The molecule has 4 heterocycles. The number of primary amides is 1. The number of fused-ring (bicyclic) bond motifs is 1. The molecule has 0 unspecified atom stereocenters. The summed E-state index contributed by atoms with van der Waals surface area (Å²) >= 11 is 0. The Morgan fingerprint density at radius 2 is 1.95 bits per heavy atom. The van der Waals surface area contributed by atoms with Crippen molar-refractivity contribution in [2.75, 3.05) is 31.6 Å². The minimum absolute atomic E-state index is 0.00570. The van der Waals surface area contributed by atoms with E-state index in [1.807, 2.05) is 24.3 Å². The summed E-state index contributed by atoms with van der Waals surface area (Å²) in [5, 5.41) is 5.64. The quantitative estimate of drug-likeness (QED) is 0.463. The van der Waals surface area contributed by atoms with E-state index in [9.17, 15) is 13.6 Å². The third-order valence-electron chi connectivity index (χ3n) is 7.07. The van der Waals surface area contributed by atoms with Gasteiger partial charge in [0, 0.05) is 43.7 Å². The first-order valence-electron chi connectivity index (χ1n) is 12.5. The molecule has 196 valence electrons. The van der Waals surface area contributed by atoms with E-state index in [0.29, 0.717) is 23.3 Å². The summed E-state index contributed by atoms with van der Waals surface area (Å²) in [6.45, 7) is 6.90. The number of pyridine rings is 1. The number of nitrogens with two attached hydrogens (primary N) is 1. The van der Waals surface area contributed by atoms with Gasteiger partial charge in [-0.3, -0.25) is 9.69 Å². The van der Waals surface area contributed by atoms with E-state index in [4.69, 9.17) is 10.5 Å². The molecular formula is C26H31F2N7O2. The van der Waals surface area contributed by atoms with Gasteiger partial charge >= 0.3 is 0 Å². The monoisotopic (exact) mass is 511 g/mol. The van der Waals surface area contributed by atoms with Crippen LogP contribution in [0, 0.1) is 0 Å². The maximum Gasteiger partial charge on any atom is 0.270 e. The zero-order chi connectivity index (χ0) is 26.2. The molecule has 2 aliphatic rings. The van der Waals surface area contributed by atoms with Gasteiger partial charge in [-0.05, 0) is 25.5 Å². The lowest BCUT2D eigenvalue weighted by molar-refractivity contribution is -0.0409. The number of benzene rings is 1. The summed E-state index contributed by atoms with van der Waals surface area (Å²) in [6.07, 6.45) is 1.14. The van der Waals surface area contributed by atoms with Crippen LogP contribution in [0.5, 0.6) is 0 Å². The summed E-state index contributed by atoms with van der Waals surface area (Å²) in [4.78, 5) is 27.9. The number of morpholine rings is 1. The Morgan fingerprint density at radius 1 is 1.22 bits per heavy atom. The lowest BCUT2D eigenvalue weighted by atomic mass is 10.0. The van der Waals surface area contributed by atoms with Crippen LogP contribution >= 0.6 is 0 Å². The maximum atomic E-state index is 14.3. The number of nitrogens with zero attached hydrogens (tertiary/aromatic N) is 4. The highest BCUT2D eigenvalue weighted by Gasteiger charge is 2.42. The number of hydrogen-bond donors (Lipinski definition) is 3. The second-order valence-corrected chi connectivity index (χ2v) is 9.86. The number of aromatic nitrogens is 3. The number of carbonyl (C=O) groups is 1.